The molecular weight excluding hydrogens is 309 g/mol. The summed E-state index contributed by atoms with van der Waals surface area (Å²) < 4.78 is 19.3. The number of carbonyl (C=O) groups excluding carboxylic acids is 1. The molecule has 0 fully saturated rings. The van der Waals surface area contributed by atoms with E-state index in [4.69, 9.17) is 4.42 Å². The van der Waals surface area contributed by atoms with Crippen molar-refractivity contribution in [2.45, 2.75) is 13.3 Å². The molecule has 3 aromatic rings. The fraction of sp³-hybridized carbons (Fsp3) is 0.167. The third-order valence-corrected chi connectivity index (χ3v) is 3.57. The van der Waals surface area contributed by atoms with Gasteiger partial charge in [-0.15, -0.1) is 0 Å². The van der Waals surface area contributed by atoms with Crippen molar-refractivity contribution in [3.8, 4) is 11.5 Å². The van der Waals surface area contributed by atoms with Crippen LogP contribution < -0.4 is 5.32 Å². The van der Waals surface area contributed by atoms with Crippen LogP contribution >= 0.6 is 0 Å². The molecule has 6 heteroatoms. The molecular formula is C18H16FN3O2. The minimum atomic E-state index is -0.379. The number of hydrogen-bond acceptors (Lipinski definition) is 4. The maximum Gasteiger partial charge on any atom is 0.252 e. The van der Waals surface area contributed by atoms with Gasteiger partial charge in [-0.05, 0) is 31.2 Å². The van der Waals surface area contributed by atoms with Crippen molar-refractivity contribution in [3.05, 3.63) is 71.6 Å². The average Bonchev–Trinajstić information content (AvgIpc) is 2.96. The highest BCUT2D eigenvalue weighted by atomic mass is 19.1. The lowest BCUT2D eigenvalue weighted by Gasteiger charge is -2.03. The third kappa shape index (κ3) is 3.48. The number of benzene rings is 1. The van der Waals surface area contributed by atoms with Crippen molar-refractivity contribution >= 4 is 5.91 Å². The van der Waals surface area contributed by atoms with Crippen LogP contribution in [0.5, 0.6) is 0 Å². The zero-order valence-electron chi connectivity index (χ0n) is 13.1. The second-order valence-corrected chi connectivity index (χ2v) is 5.25. The molecule has 2 heterocycles. The molecule has 0 spiro atoms. The summed E-state index contributed by atoms with van der Waals surface area (Å²) in [5.74, 6) is 0.289. The van der Waals surface area contributed by atoms with Crippen molar-refractivity contribution in [3.63, 3.8) is 0 Å². The number of oxazole rings is 1. The van der Waals surface area contributed by atoms with Crippen LogP contribution in [-0.2, 0) is 6.42 Å². The first-order valence-corrected chi connectivity index (χ1v) is 7.54. The molecule has 0 unspecified atom stereocenters. The van der Waals surface area contributed by atoms with E-state index >= 15 is 0 Å². The Kier molecular flexibility index (Phi) is 4.65. The average molecular weight is 325 g/mol. The van der Waals surface area contributed by atoms with Crippen LogP contribution in [0.3, 0.4) is 0 Å². The predicted octanol–water partition coefficient (Wildman–Crippen LogP) is 3.16. The first-order chi connectivity index (χ1) is 11.6. The van der Waals surface area contributed by atoms with Crippen molar-refractivity contribution < 1.29 is 13.6 Å². The molecule has 0 bridgehead atoms. The topological polar surface area (TPSA) is 68.0 Å². The number of halogens is 1. The summed E-state index contributed by atoms with van der Waals surface area (Å²) >= 11 is 0. The summed E-state index contributed by atoms with van der Waals surface area (Å²) in [6, 6.07) is 9.73. The van der Waals surface area contributed by atoms with E-state index in [-0.39, 0.29) is 17.6 Å². The number of nitrogens with zero attached hydrogens (tertiary/aromatic N) is 2. The van der Waals surface area contributed by atoms with Gasteiger partial charge in [-0.1, -0.05) is 12.1 Å². The molecule has 1 N–H and O–H groups in total. The Labute approximate surface area is 138 Å². The molecule has 0 atom stereocenters. The van der Waals surface area contributed by atoms with Gasteiger partial charge in [0.1, 0.15) is 11.6 Å². The van der Waals surface area contributed by atoms with Crippen LogP contribution in [0.4, 0.5) is 4.39 Å². The van der Waals surface area contributed by atoms with Gasteiger partial charge in [-0.3, -0.25) is 9.78 Å². The lowest BCUT2D eigenvalue weighted by molar-refractivity contribution is 0.0953. The van der Waals surface area contributed by atoms with Gasteiger partial charge in [0.15, 0.2) is 0 Å². The molecule has 3 rings (SSSR count). The van der Waals surface area contributed by atoms with E-state index in [9.17, 15) is 9.18 Å². The van der Waals surface area contributed by atoms with E-state index < -0.39 is 0 Å². The Morgan fingerprint density at radius 1 is 1.25 bits per heavy atom. The standard InChI is InChI=1S/C18H16FN3O2/c1-12-16(8-10-21-17(23)13-5-4-9-20-11-13)22-18(24-12)14-6-2-3-7-15(14)19/h2-7,9,11H,8,10H2,1H3,(H,21,23). The number of carbonyl (C=O) groups is 1. The maximum absolute atomic E-state index is 13.8. The molecule has 122 valence electrons. The van der Waals surface area contributed by atoms with Crippen molar-refractivity contribution in [1.29, 1.82) is 0 Å². The summed E-state index contributed by atoms with van der Waals surface area (Å²) in [6.07, 6.45) is 3.61. The molecule has 0 aliphatic carbocycles. The molecule has 2 aromatic heterocycles. The Hall–Kier alpha value is -3.02. The fourth-order valence-corrected chi connectivity index (χ4v) is 2.30. The molecule has 1 amide bonds. The monoisotopic (exact) mass is 325 g/mol. The molecule has 0 aliphatic heterocycles. The number of aryl methyl sites for hydroxylation is 1. The zero-order chi connectivity index (χ0) is 16.9. The quantitative estimate of drug-likeness (QED) is 0.782. The molecule has 24 heavy (non-hydrogen) atoms. The van der Waals surface area contributed by atoms with E-state index in [2.05, 4.69) is 15.3 Å². The summed E-state index contributed by atoms with van der Waals surface area (Å²) in [5, 5.41) is 2.80. The van der Waals surface area contributed by atoms with Gasteiger partial charge < -0.3 is 9.73 Å². The molecule has 5 nitrogen and oxygen atoms in total. The highest BCUT2D eigenvalue weighted by Crippen LogP contribution is 2.24. The van der Waals surface area contributed by atoms with E-state index in [1.165, 1.54) is 12.3 Å². The first kappa shape index (κ1) is 15.9. The van der Waals surface area contributed by atoms with E-state index in [0.717, 1.165) is 0 Å². The number of aromatic nitrogens is 2. The SMILES string of the molecule is Cc1oc(-c2ccccc2F)nc1CCNC(=O)c1cccnc1. The van der Waals surface area contributed by atoms with Crippen LogP contribution in [-0.4, -0.2) is 22.4 Å². The Morgan fingerprint density at radius 2 is 2.08 bits per heavy atom. The van der Waals surface area contributed by atoms with Gasteiger partial charge >= 0.3 is 0 Å². The maximum atomic E-state index is 13.8. The summed E-state index contributed by atoms with van der Waals surface area (Å²) in [5.41, 5.74) is 1.52. The van der Waals surface area contributed by atoms with Crippen LogP contribution in [0.15, 0.2) is 53.2 Å². The van der Waals surface area contributed by atoms with E-state index in [1.54, 1.807) is 43.5 Å². The second-order valence-electron chi connectivity index (χ2n) is 5.25. The van der Waals surface area contributed by atoms with Gasteiger partial charge in [0, 0.05) is 25.4 Å². The van der Waals surface area contributed by atoms with Crippen LogP contribution in [0.2, 0.25) is 0 Å². The molecule has 0 radical (unpaired) electrons. The lowest BCUT2D eigenvalue weighted by Crippen LogP contribution is -2.25. The largest absolute Gasteiger partial charge is 0.441 e. The molecule has 0 saturated carbocycles. The summed E-state index contributed by atoms with van der Waals surface area (Å²) in [7, 11) is 0. The minimum Gasteiger partial charge on any atom is -0.441 e. The van der Waals surface area contributed by atoms with Crippen molar-refractivity contribution in [1.82, 2.24) is 15.3 Å². The van der Waals surface area contributed by atoms with Gasteiger partial charge in [0.2, 0.25) is 5.89 Å². The van der Waals surface area contributed by atoms with Gasteiger partial charge in [-0.2, -0.15) is 0 Å². The lowest BCUT2D eigenvalue weighted by atomic mass is 10.2. The number of rotatable bonds is 5. The Balaban J connectivity index is 1.64. The first-order valence-electron chi connectivity index (χ1n) is 7.54. The van der Waals surface area contributed by atoms with Gasteiger partial charge in [0.25, 0.3) is 5.91 Å². The number of nitrogens with one attached hydrogen (secondary N) is 1. The van der Waals surface area contributed by atoms with E-state index in [0.29, 0.717) is 35.5 Å². The van der Waals surface area contributed by atoms with Crippen LogP contribution in [0.25, 0.3) is 11.5 Å². The second kappa shape index (κ2) is 7.04. The summed E-state index contributed by atoms with van der Waals surface area (Å²) in [4.78, 5) is 20.2. The van der Waals surface area contributed by atoms with Gasteiger partial charge in [-0.25, -0.2) is 9.37 Å². The smallest absolute Gasteiger partial charge is 0.252 e. The van der Waals surface area contributed by atoms with E-state index in [1.807, 2.05) is 0 Å². The number of amides is 1. The third-order valence-electron chi connectivity index (χ3n) is 3.57. The molecule has 0 aliphatic rings. The number of hydrogen-bond donors (Lipinski definition) is 1. The predicted molar refractivity (Wildman–Crippen MR) is 86.9 cm³/mol. The van der Waals surface area contributed by atoms with Gasteiger partial charge in [0.05, 0.1) is 16.8 Å². The highest BCUT2D eigenvalue weighted by molar-refractivity contribution is 5.93. The fourth-order valence-electron chi connectivity index (χ4n) is 2.30. The summed E-state index contributed by atoms with van der Waals surface area (Å²) in [6.45, 7) is 2.17. The van der Waals surface area contributed by atoms with Crippen molar-refractivity contribution in [2.75, 3.05) is 6.54 Å². The Morgan fingerprint density at radius 3 is 2.83 bits per heavy atom. The zero-order valence-corrected chi connectivity index (χ0v) is 13.1. The van der Waals surface area contributed by atoms with Crippen LogP contribution in [0, 0.1) is 12.7 Å². The molecule has 0 saturated heterocycles. The minimum absolute atomic E-state index is 0.196. The normalized spacial score (nSPS) is 10.6. The number of pyridine rings is 1. The Bertz CT molecular complexity index is 846. The highest BCUT2D eigenvalue weighted by Gasteiger charge is 2.14. The van der Waals surface area contributed by atoms with Crippen molar-refractivity contribution in [2.24, 2.45) is 0 Å². The van der Waals surface area contributed by atoms with Crippen LogP contribution in [0.1, 0.15) is 21.8 Å². The molecule has 1 aromatic carbocycles.